The molecular formula is C26H41NO2Si. The Morgan fingerprint density at radius 3 is 2.50 bits per heavy atom. The van der Waals surface area contributed by atoms with Gasteiger partial charge in [0.2, 0.25) is 0 Å². The molecule has 0 aliphatic heterocycles. The molecule has 8 atom stereocenters. The summed E-state index contributed by atoms with van der Waals surface area (Å²) >= 11 is 0. The number of carbonyl (C=O) groups is 1. The van der Waals surface area contributed by atoms with Crippen LogP contribution in [-0.4, -0.2) is 20.2 Å². The van der Waals surface area contributed by atoms with Crippen LogP contribution in [0, 0.1) is 51.8 Å². The number of nitrogens with zero attached hydrogens (tertiary/aromatic N) is 1. The van der Waals surface area contributed by atoms with Gasteiger partial charge in [-0.3, -0.25) is 4.79 Å². The van der Waals surface area contributed by atoms with E-state index in [0.29, 0.717) is 23.0 Å². The second kappa shape index (κ2) is 7.59. The number of allylic oxidation sites excluding steroid dienone is 1. The van der Waals surface area contributed by atoms with E-state index in [-0.39, 0.29) is 11.5 Å². The van der Waals surface area contributed by atoms with Crippen LogP contribution in [0.1, 0.15) is 72.1 Å². The Labute approximate surface area is 184 Å². The molecule has 0 bridgehead atoms. The highest BCUT2D eigenvalue weighted by Gasteiger charge is 2.60. The maximum absolute atomic E-state index is 12.1. The highest BCUT2D eigenvalue weighted by molar-refractivity contribution is 6.69. The first-order valence-electron chi connectivity index (χ1n) is 12.3. The number of nitriles is 1. The minimum atomic E-state index is -1.74. The smallest absolute Gasteiger partial charge is 0.185 e. The van der Waals surface area contributed by atoms with Gasteiger partial charge in [-0.1, -0.05) is 26.3 Å². The zero-order valence-electron chi connectivity index (χ0n) is 20.0. The van der Waals surface area contributed by atoms with E-state index in [2.05, 4.69) is 46.5 Å². The largest absolute Gasteiger partial charge is 0.402 e. The molecule has 30 heavy (non-hydrogen) atoms. The van der Waals surface area contributed by atoms with Crippen molar-refractivity contribution >= 4 is 14.1 Å². The summed E-state index contributed by atoms with van der Waals surface area (Å²) in [5, 5.41) is 9.89. The van der Waals surface area contributed by atoms with Crippen molar-refractivity contribution in [1.29, 1.82) is 5.26 Å². The molecule has 0 N–H and O–H groups in total. The van der Waals surface area contributed by atoms with Crippen molar-refractivity contribution < 1.29 is 9.22 Å². The molecule has 1 unspecified atom stereocenters. The molecule has 3 saturated carbocycles. The van der Waals surface area contributed by atoms with E-state index in [1.54, 1.807) is 0 Å². The highest BCUT2D eigenvalue weighted by Crippen LogP contribution is 2.67. The van der Waals surface area contributed by atoms with Gasteiger partial charge in [0.25, 0.3) is 0 Å². The Morgan fingerprint density at radius 2 is 1.83 bits per heavy atom. The predicted molar refractivity (Wildman–Crippen MR) is 123 cm³/mol. The first kappa shape index (κ1) is 22.3. The molecule has 4 heteroatoms. The highest BCUT2D eigenvalue weighted by atomic mass is 28.4. The number of hydrogen-bond donors (Lipinski definition) is 0. The average molecular weight is 428 g/mol. The summed E-state index contributed by atoms with van der Waals surface area (Å²) in [6.45, 7) is 13.9. The summed E-state index contributed by atoms with van der Waals surface area (Å²) in [4.78, 5) is 12.1. The van der Waals surface area contributed by atoms with E-state index in [4.69, 9.17) is 4.43 Å². The Kier molecular flexibility index (Phi) is 5.64. The molecule has 0 aromatic carbocycles. The van der Waals surface area contributed by atoms with Gasteiger partial charge in [-0.15, -0.1) is 0 Å². The lowest BCUT2D eigenvalue weighted by atomic mass is 9.46. The van der Waals surface area contributed by atoms with Gasteiger partial charge in [0, 0.05) is 6.42 Å². The fraction of sp³-hybridized carbons (Fsp3) is 0.846. The van der Waals surface area contributed by atoms with Crippen molar-refractivity contribution in [3.63, 3.8) is 0 Å². The second-order valence-electron chi connectivity index (χ2n) is 12.3. The molecular weight excluding hydrogens is 386 g/mol. The Hall–Kier alpha value is -0.923. The van der Waals surface area contributed by atoms with Crippen molar-refractivity contribution in [2.45, 2.75) is 97.9 Å². The Bertz CT molecular complexity index is 777. The molecule has 0 aromatic heterocycles. The molecule has 0 amide bonds. The van der Waals surface area contributed by atoms with E-state index in [9.17, 15) is 10.1 Å². The molecule has 4 aliphatic rings. The quantitative estimate of drug-likeness (QED) is 0.480. The standard InChI is InChI=1S/C26H41NO2Si/c1-17(24(16-27)29-30(4,5)6)21-9-10-22-20-8-7-18-15-19(28)11-13-25(18,2)23(20)12-14-26(21,22)3/h15,17,20-24H,7-14H2,1-6H3/t17-,20-,21+,22-,23-,24?,25-,26+/m0/s1. The van der Waals surface area contributed by atoms with E-state index in [1.807, 2.05) is 6.08 Å². The normalized spacial score (nSPS) is 43.0. The van der Waals surface area contributed by atoms with Crippen LogP contribution in [0.15, 0.2) is 11.6 Å². The van der Waals surface area contributed by atoms with Crippen molar-refractivity contribution in [2.24, 2.45) is 40.4 Å². The molecule has 4 aliphatic carbocycles. The SMILES string of the molecule is C[C@H](C(C#N)O[Si](C)(C)C)[C@H]1CC[C@H]2[C@@H]3CCC4=CC(=O)CC[C@]4(C)[C@H]3CC[C@]12C. The van der Waals surface area contributed by atoms with Gasteiger partial charge < -0.3 is 4.43 Å². The van der Waals surface area contributed by atoms with Crippen molar-refractivity contribution in [2.75, 3.05) is 0 Å². The number of carbonyl (C=O) groups excluding carboxylic acids is 1. The van der Waals surface area contributed by atoms with E-state index < -0.39 is 8.32 Å². The zero-order chi connectivity index (χ0) is 21.9. The van der Waals surface area contributed by atoms with E-state index in [0.717, 1.165) is 37.0 Å². The molecule has 0 spiro atoms. The fourth-order valence-corrected chi connectivity index (χ4v) is 9.34. The maximum atomic E-state index is 12.1. The van der Waals surface area contributed by atoms with Crippen molar-refractivity contribution in [3.05, 3.63) is 11.6 Å². The summed E-state index contributed by atoms with van der Waals surface area (Å²) < 4.78 is 6.33. The number of hydrogen-bond acceptors (Lipinski definition) is 3. The third-order valence-corrected chi connectivity index (χ3v) is 10.7. The molecule has 3 nitrogen and oxygen atoms in total. The van der Waals surface area contributed by atoms with Crippen LogP contribution in [0.2, 0.25) is 19.6 Å². The predicted octanol–water partition coefficient (Wildman–Crippen LogP) is 6.51. The Morgan fingerprint density at radius 1 is 1.10 bits per heavy atom. The van der Waals surface area contributed by atoms with Crippen LogP contribution in [-0.2, 0) is 9.22 Å². The van der Waals surface area contributed by atoms with Gasteiger partial charge in [0.05, 0.1) is 6.07 Å². The minimum absolute atomic E-state index is 0.248. The molecule has 3 fully saturated rings. The third-order valence-electron chi connectivity index (χ3n) is 9.76. The lowest BCUT2D eigenvalue weighted by molar-refractivity contribution is -0.117. The van der Waals surface area contributed by atoms with Gasteiger partial charge in [-0.25, -0.2) is 0 Å². The van der Waals surface area contributed by atoms with Crippen LogP contribution in [0.5, 0.6) is 0 Å². The van der Waals surface area contributed by atoms with Crippen LogP contribution in [0.3, 0.4) is 0 Å². The zero-order valence-corrected chi connectivity index (χ0v) is 21.0. The lowest BCUT2D eigenvalue weighted by Crippen LogP contribution is -2.51. The van der Waals surface area contributed by atoms with Crippen molar-refractivity contribution in [3.8, 4) is 6.07 Å². The van der Waals surface area contributed by atoms with Gasteiger partial charge in [0.15, 0.2) is 14.1 Å². The average Bonchev–Trinajstić information content (AvgIpc) is 3.02. The third kappa shape index (κ3) is 3.54. The van der Waals surface area contributed by atoms with E-state index in [1.165, 1.54) is 37.7 Å². The molecule has 0 radical (unpaired) electrons. The van der Waals surface area contributed by atoms with Gasteiger partial charge in [-0.2, -0.15) is 5.26 Å². The van der Waals surface area contributed by atoms with E-state index >= 15 is 0 Å². The van der Waals surface area contributed by atoms with Gasteiger partial charge in [-0.05, 0) is 111 Å². The summed E-state index contributed by atoms with van der Waals surface area (Å²) in [6.07, 6.45) is 11.0. The monoisotopic (exact) mass is 427 g/mol. The summed E-state index contributed by atoms with van der Waals surface area (Å²) in [7, 11) is -1.74. The molecule has 0 aromatic rings. The number of ketones is 1. The molecule has 0 saturated heterocycles. The van der Waals surface area contributed by atoms with Crippen LogP contribution in [0.25, 0.3) is 0 Å². The molecule has 0 heterocycles. The molecule has 166 valence electrons. The van der Waals surface area contributed by atoms with Crippen LogP contribution in [0.4, 0.5) is 0 Å². The maximum Gasteiger partial charge on any atom is 0.185 e. The minimum Gasteiger partial charge on any atom is -0.402 e. The molecule has 4 rings (SSSR count). The topological polar surface area (TPSA) is 50.1 Å². The van der Waals surface area contributed by atoms with Gasteiger partial charge in [0.1, 0.15) is 6.10 Å². The summed E-state index contributed by atoms with van der Waals surface area (Å²) in [6, 6.07) is 2.52. The first-order valence-corrected chi connectivity index (χ1v) is 15.7. The first-order chi connectivity index (χ1) is 14.0. The summed E-state index contributed by atoms with van der Waals surface area (Å²) in [5.74, 6) is 3.53. The number of rotatable bonds is 4. The van der Waals surface area contributed by atoms with Gasteiger partial charge >= 0.3 is 0 Å². The van der Waals surface area contributed by atoms with Crippen LogP contribution >= 0.6 is 0 Å². The van der Waals surface area contributed by atoms with Crippen molar-refractivity contribution in [1.82, 2.24) is 0 Å². The number of fused-ring (bicyclic) bond motifs is 5. The second-order valence-corrected chi connectivity index (χ2v) is 16.8. The fourth-order valence-electron chi connectivity index (χ4n) is 8.31. The summed E-state index contributed by atoms with van der Waals surface area (Å²) in [5.41, 5.74) is 2.04. The lowest BCUT2D eigenvalue weighted by Gasteiger charge is -2.58. The van der Waals surface area contributed by atoms with Crippen LogP contribution < -0.4 is 0 Å². The Balaban J connectivity index is 1.56.